The molecule has 5 heteroatoms. The van der Waals surface area contributed by atoms with E-state index in [-0.39, 0.29) is 17.9 Å². The van der Waals surface area contributed by atoms with Crippen LogP contribution in [0.4, 0.5) is 0 Å². The molecule has 0 aliphatic heterocycles. The van der Waals surface area contributed by atoms with Gasteiger partial charge in [0.1, 0.15) is 6.10 Å². The largest absolute Gasteiger partial charge is 0.382 e. The molecule has 0 aromatic carbocycles. The fourth-order valence-electron chi connectivity index (χ4n) is 1.01. The smallest absolute Gasteiger partial charge is 0.257 e. The highest BCUT2D eigenvalue weighted by molar-refractivity contribution is 4.96. The summed E-state index contributed by atoms with van der Waals surface area (Å²) in [6.45, 7) is 5.81. The van der Waals surface area contributed by atoms with Crippen LogP contribution in [0, 0.1) is 0 Å². The van der Waals surface area contributed by atoms with Crippen LogP contribution in [0.2, 0.25) is 0 Å². The average Bonchev–Trinajstić information content (AvgIpc) is 2.64. The molecule has 0 amide bonds. The SMILES string of the molecule is CCC(N)C(O)c1nc(C(C)C)no1. The van der Waals surface area contributed by atoms with Crippen molar-refractivity contribution in [1.29, 1.82) is 0 Å². The molecule has 1 heterocycles. The Hall–Kier alpha value is -0.940. The summed E-state index contributed by atoms with van der Waals surface area (Å²) < 4.78 is 4.92. The first-order valence-corrected chi connectivity index (χ1v) is 4.83. The number of rotatable bonds is 4. The zero-order valence-corrected chi connectivity index (χ0v) is 8.77. The molecule has 1 rings (SSSR count). The van der Waals surface area contributed by atoms with Crippen molar-refractivity contribution in [3.05, 3.63) is 11.7 Å². The maximum Gasteiger partial charge on any atom is 0.257 e. The molecule has 0 radical (unpaired) electrons. The number of aliphatic hydroxyl groups is 1. The van der Waals surface area contributed by atoms with Crippen LogP contribution in [-0.2, 0) is 0 Å². The number of hydrogen-bond acceptors (Lipinski definition) is 5. The molecule has 0 saturated carbocycles. The van der Waals surface area contributed by atoms with Gasteiger partial charge in [-0.15, -0.1) is 0 Å². The van der Waals surface area contributed by atoms with Gasteiger partial charge in [0, 0.05) is 12.0 Å². The van der Waals surface area contributed by atoms with Gasteiger partial charge in [-0.3, -0.25) is 0 Å². The number of nitrogens with zero attached hydrogens (tertiary/aromatic N) is 2. The lowest BCUT2D eigenvalue weighted by Crippen LogP contribution is -2.27. The fraction of sp³-hybridized carbons (Fsp3) is 0.778. The van der Waals surface area contributed by atoms with Crippen LogP contribution < -0.4 is 5.73 Å². The van der Waals surface area contributed by atoms with Gasteiger partial charge in [-0.05, 0) is 6.42 Å². The summed E-state index contributed by atoms with van der Waals surface area (Å²) in [7, 11) is 0. The van der Waals surface area contributed by atoms with E-state index < -0.39 is 6.10 Å². The molecular weight excluding hydrogens is 182 g/mol. The minimum Gasteiger partial charge on any atom is -0.382 e. The van der Waals surface area contributed by atoms with E-state index in [1.165, 1.54) is 0 Å². The second-order valence-corrected chi connectivity index (χ2v) is 3.66. The molecule has 5 nitrogen and oxygen atoms in total. The molecule has 80 valence electrons. The number of aliphatic hydroxyl groups excluding tert-OH is 1. The van der Waals surface area contributed by atoms with Crippen LogP contribution in [0.25, 0.3) is 0 Å². The van der Waals surface area contributed by atoms with E-state index in [0.29, 0.717) is 12.2 Å². The molecule has 0 aliphatic rings. The first-order chi connectivity index (χ1) is 6.56. The summed E-state index contributed by atoms with van der Waals surface area (Å²) in [5.74, 6) is 1.00. The molecule has 0 aliphatic carbocycles. The normalized spacial score (nSPS) is 15.9. The third-order valence-corrected chi connectivity index (χ3v) is 2.10. The van der Waals surface area contributed by atoms with Crippen molar-refractivity contribution < 1.29 is 9.63 Å². The average molecular weight is 199 g/mol. The van der Waals surface area contributed by atoms with Gasteiger partial charge in [0.05, 0.1) is 0 Å². The van der Waals surface area contributed by atoms with E-state index in [4.69, 9.17) is 10.3 Å². The van der Waals surface area contributed by atoms with Crippen molar-refractivity contribution in [2.24, 2.45) is 5.73 Å². The van der Waals surface area contributed by atoms with Gasteiger partial charge in [0.2, 0.25) is 0 Å². The molecular formula is C9H17N3O2. The van der Waals surface area contributed by atoms with Crippen molar-refractivity contribution in [1.82, 2.24) is 10.1 Å². The molecule has 0 spiro atoms. The highest BCUT2D eigenvalue weighted by Gasteiger charge is 2.22. The number of nitrogens with two attached hydrogens (primary N) is 1. The molecule has 1 aromatic rings. The van der Waals surface area contributed by atoms with Gasteiger partial charge in [0.25, 0.3) is 5.89 Å². The highest BCUT2D eigenvalue weighted by Crippen LogP contribution is 2.18. The van der Waals surface area contributed by atoms with E-state index in [1.807, 2.05) is 20.8 Å². The van der Waals surface area contributed by atoms with Crippen molar-refractivity contribution in [3.8, 4) is 0 Å². The van der Waals surface area contributed by atoms with Crippen LogP contribution in [0.1, 0.15) is 50.9 Å². The van der Waals surface area contributed by atoms with Crippen molar-refractivity contribution in [2.45, 2.75) is 45.3 Å². The van der Waals surface area contributed by atoms with Gasteiger partial charge in [-0.25, -0.2) is 0 Å². The van der Waals surface area contributed by atoms with Crippen molar-refractivity contribution >= 4 is 0 Å². The predicted octanol–water partition coefficient (Wildman–Crippen LogP) is 0.964. The lowest BCUT2D eigenvalue weighted by atomic mass is 10.1. The molecule has 2 atom stereocenters. The van der Waals surface area contributed by atoms with Gasteiger partial charge in [0.15, 0.2) is 5.82 Å². The zero-order valence-electron chi connectivity index (χ0n) is 8.77. The van der Waals surface area contributed by atoms with Gasteiger partial charge in [-0.1, -0.05) is 25.9 Å². The van der Waals surface area contributed by atoms with Crippen molar-refractivity contribution in [3.63, 3.8) is 0 Å². The van der Waals surface area contributed by atoms with Gasteiger partial charge in [-0.2, -0.15) is 4.98 Å². The topological polar surface area (TPSA) is 85.2 Å². The molecule has 0 bridgehead atoms. The third kappa shape index (κ3) is 2.30. The highest BCUT2D eigenvalue weighted by atomic mass is 16.5. The summed E-state index contributed by atoms with van der Waals surface area (Å²) in [5.41, 5.74) is 5.66. The van der Waals surface area contributed by atoms with E-state index in [9.17, 15) is 5.11 Å². The lowest BCUT2D eigenvalue weighted by Gasteiger charge is -2.11. The predicted molar refractivity (Wildman–Crippen MR) is 51.6 cm³/mol. The summed E-state index contributed by atoms with van der Waals surface area (Å²) in [5, 5.41) is 13.4. The van der Waals surface area contributed by atoms with Crippen molar-refractivity contribution in [2.75, 3.05) is 0 Å². The van der Waals surface area contributed by atoms with Crippen LogP contribution >= 0.6 is 0 Å². The molecule has 0 saturated heterocycles. The van der Waals surface area contributed by atoms with Gasteiger partial charge >= 0.3 is 0 Å². The van der Waals surface area contributed by atoms with E-state index in [1.54, 1.807) is 0 Å². The molecule has 2 unspecified atom stereocenters. The summed E-state index contributed by atoms with van der Waals surface area (Å²) >= 11 is 0. The van der Waals surface area contributed by atoms with Crippen LogP contribution in [0.3, 0.4) is 0 Å². The van der Waals surface area contributed by atoms with Crippen LogP contribution in [0.5, 0.6) is 0 Å². The quantitative estimate of drug-likeness (QED) is 0.754. The Balaban J connectivity index is 2.76. The summed E-state index contributed by atoms with van der Waals surface area (Å²) in [6.07, 6.45) is -0.194. The van der Waals surface area contributed by atoms with Crippen LogP contribution in [0.15, 0.2) is 4.52 Å². The second kappa shape index (κ2) is 4.52. The maximum absolute atomic E-state index is 9.66. The van der Waals surface area contributed by atoms with E-state index in [0.717, 1.165) is 0 Å². The number of aromatic nitrogens is 2. The molecule has 0 fully saturated rings. The van der Waals surface area contributed by atoms with Crippen LogP contribution in [-0.4, -0.2) is 21.3 Å². The minimum absolute atomic E-state index is 0.192. The Morgan fingerprint density at radius 2 is 2.14 bits per heavy atom. The Labute approximate surface area is 83.3 Å². The van der Waals surface area contributed by atoms with E-state index >= 15 is 0 Å². The Kier molecular flexibility index (Phi) is 3.60. The first kappa shape index (κ1) is 11.1. The Morgan fingerprint density at radius 3 is 2.57 bits per heavy atom. The van der Waals surface area contributed by atoms with Gasteiger partial charge < -0.3 is 15.4 Å². The standard InChI is InChI=1S/C9H17N3O2/c1-4-6(10)7(13)9-11-8(5(2)3)12-14-9/h5-7,13H,4,10H2,1-3H3. The molecule has 3 N–H and O–H groups in total. The fourth-order valence-corrected chi connectivity index (χ4v) is 1.01. The molecule has 1 aromatic heterocycles. The first-order valence-electron chi connectivity index (χ1n) is 4.83. The van der Waals surface area contributed by atoms with E-state index in [2.05, 4.69) is 10.1 Å². The second-order valence-electron chi connectivity index (χ2n) is 3.66. The summed E-state index contributed by atoms with van der Waals surface area (Å²) in [4.78, 5) is 4.07. The summed E-state index contributed by atoms with van der Waals surface area (Å²) in [6, 6.07) is -0.351. The Bertz CT molecular complexity index is 285. The lowest BCUT2D eigenvalue weighted by molar-refractivity contribution is 0.105. The zero-order chi connectivity index (χ0) is 10.7. The number of hydrogen-bond donors (Lipinski definition) is 2. The monoisotopic (exact) mass is 199 g/mol. The minimum atomic E-state index is -0.861. The maximum atomic E-state index is 9.66. The Morgan fingerprint density at radius 1 is 1.50 bits per heavy atom. The molecule has 14 heavy (non-hydrogen) atoms. The third-order valence-electron chi connectivity index (χ3n) is 2.10.